The maximum atomic E-state index is 5.71. The van der Waals surface area contributed by atoms with Gasteiger partial charge in [0.05, 0.1) is 6.61 Å². The molecule has 0 radical (unpaired) electrons. The Morgan fingerprint density at radius 3 is 3.08 bits per heavy atom. The van der Waals surface area contributed by atoms with Crippen LogP contribution in [0.3, 0.4) is 0 Å². The third kappa shape index (κ3) is 1.77. The van der Waals surface area contributed by atoms with Crippen LogP contribution in [0.5, 0.6) is 0 Å². The lowest BCUT2D eigenvalue weighted by atomic mass is 10.2. The minimum absolute atomic E-state index is 0.0700. The Morgan fingerprint density at radius 1 is 1.50 bits per heavy atom. The van der Waals surface area contributed by atoms with Gasteiger partial charge in [-0.25, -0.2) is 0 Å². The van der Waals surface area contributed by atoms with Gasteiger partial charge in [0.2, 0.25) is 0 Å². The number of nitrogens with two attached hydrogens (primary N) is 1. The Kier molecular flexibility index (Phi) is 2.60. The normalized spacial score (nSPS) is 38.8. The topological polar surface area (TPSA) is 50.5 Å². The predicted octanol–water partition coefficient (Wildman–Crippen LogP) is -1.03. The molecule has 2 unspecified atom stereocenters. The third-order valence-electron chi connectivity index (χ3n) is 2.68. The molecule has 3 N–H and O–H groups in total. The van der Waals surface area contributed by atoms with Crippen LogP contribution in [0.25, 0.3) is 0 Å². The van der Waals surface area contributed by atoms with E-state index in [0.29, 0.717) is 6.04 Å². The highest BCUT2D eigenvalue weighted by molar-refractivity contribution is 4.82. The average Bonchev–Trinajstić information content (AvgIpc) is 2.56. The van der Waals surface area contributed by atoms with Crippen molar-refractivity contribution >= 4 is 0 Å². The van der Waals surface area contributed by atoms with Crippen LogP contribution >= 0.6 is 0 Å². The molecule has 2 aliphatic heterocycles. The van der Waals surface area contributed by atoms with E-state index >= 15 is 0 Å². The first kappa shape index (κ1) is 8.44. The summed E-state index contributed by atoms with van der Waals surface area (Å²) < 4.78 is 5.28. The van der Waals surface area contributed by atoms with Crippen LogP contribution in [-0.4, -0.2) is 50.0 Å². The molecule has 0 aromatic heterocycles. The van der Waals surface area contributed by atoms with E-state index in [1.165, 1.54) is 6.42 Å². The van der Waals surface area contributed by atoms with Gasteiger partial charge in [-0.1, -0.05) is 0 Å². The van der Waals surface area contributed by atoms with Gasteiger partial charge in [0.1, 0.15) is 6.23 Å². The van der Waals surface area contributed by atoms with Crippen molar-refractivity contribution in [1.82, 2.24) is 10.2 Å². The highest BCUT2D eigenvalue weighted by Gasteiger charge is 2.26. The summed E-state index contributed by atoms with van der Waals surface area (Å²) in [4.78, 5) is 2.44. The van der Waals surface area contributed by atoms with Crippen molar-refractivity contribution in [3.8, 4) is 0 Å². The molecule has 2 heterocycles. The van der Waals surface area contributed by atoms with Gasteiger partial charge in [0.25, 0.3) is 0 Å². The summed E-state index contributed by atoms with van der Waals surface area (Å²) in [5.74, 6) is 0. The molecule has 0 aromatic rings. The van der Waals surface area contributed by atoms with Gasteiger partial charge >= 0.3 is 0 Å². The van der Waals surface area contributed by atoms with Gasteiger partial charge in [0, 0.05) is 25.7 Å². The van der Waals surface area contributed by atoms with Crippen LogP contribution in [0.15, 0.2) is 0 Å². The fourth-order valence-corrected chi connectivity index (χ4v) is 1.98. The zero-order chi connectivity index (χ0) is 8.39. The Balaban J connectivity index is 1.85. The van der Waals surface area contributed by atoms with E-state index in [1.807, 2.05) is 0 Å². The number of morpholine rings is 1. The smallest absolute Gasteiger partial charge is 0.118 e. The van der Waals surface area contributed by atoms with Crippen molar-refractivity contribution in [1.29, 1.82) is 0 Å². The van der Waals surface area contributed by atoms with Gasteiger partial charge in [-0.2, -0.15) is 0 Å². The second kappa shape index (κ2) is 3.70. The van der Waals surface area contributed by atoms with Gasteiger partial charge < -0.3 is 15.8 Å². The molecule has 4 nitrogen and oxygen atoms in total. The number of hydrogen-bond acceptors (Lipinski definition) is 4. The van der Waals surface area contributed by atoms with E-state index in [0.717, 1.165) is 32.8 Å². The summed E-state index contributed by atoms with van der Waals surface area (Å²) in [5.41, 5.74) is 5.71. The largest absolute Gasteiger partial charge is 0.361 e. The van der Waals surface area contributed by atoms with Gasteiger partial charge in [0.15, 0.2) is 0 Å². The number of hydrogen-bond donors (Lipinski definition) is 2. The number of rotatable bonds is 1. The Morgan fingerprint density at radius 2 is 2.42 bits per heavy atom. The second-order valence-electron chi connectivity index (χ2n) is 3.55. The molecule has 0 amide bonds. The first-order valence-electron chi connectivity index (χ1n) is 4.68. The Labute approximate surface area is 73.0 Å². The Hall–Kier alpha value is -0.160. The zero-order valence-electron chi connectivity index (χ0n) is 7.33. The molecule has 2 fully saturated rings. The molecular formula is C8H17N3O. The fourth-order valence-electron chi connectivity index (χ4n) is 1.98. The molecule has 70 valence electrons. The van der Waals surface area contributed by atoms with Crippen LogP contribution < -0.4 is 11.1 Å². The van der Waals surface area contributed by atoms with Crippen LogP contribution in [0.2, 0.25) is 0 Å². The molecule has 0 spiro atoms. The molecule has 12 heavy (non-hydrogen) atoms. The van der Waals surface area contributed by atoms with E-state index in [1.54, 1.807) is 0 Å². The summed E-state index contributed by atoms with van der Waals surface area (Å²) in [6, 6.07) is 0.694. The SMILES string of the molecule is NC1CN(C2CCNC2)CCO1. The molecule has 0 bridgehead atoms. The lowest BCUT2D eigenvalue weighted by Crippen LogP contribution is -2.51. The predicted molar refractivity (Wildman–Crippen MR) is 46.8 cm³/mol. The molecule has 2 atom stereocenters. The summed E-state index contributed by atoms with van der Waals surface area (Å²) in [5, 5.41) is 3.36. The van der Waals surface area contributed by atoms with E-state index in [2.05, 4.69) is 10.2 Å². The third-order valence-corrected chi connectivity index (χ3v) is 2.68. The monoisotopic (exact) mass is 171 g/mol. The van der Waals surface area contributed by atoms with E-state index < -0.39 is 0 Å². The summed E-state index contributed by atoms with van der Waals surface area (Å²) >= 11 is 0. The quantitative estimate of drug-likeness (QED) is 0.529. The number of nitrogens with one attached hydrogen (secondary N) is 1. The van der Waals surface area contributed by atoms with Crippen molar-refractivity contribution in [2.45, 2.75) is 18.7 Å². The average molecular weight is 171 g/mol. The molecule has 4 heteroatoms. The fraction of sp³-hybridized carbons (Fsp3) is 1.00. The van der Waals surface area contributed by atoms with Crippen LogP contribution in [0.1, 0.15) is 6.42 Å². The molecule has 0 aromatic carbocycles. The summed E-state index contributed by atoms with van der Waals surface area (Å²) in [6.07, 6.45) is 1.19. The molecule has 0 saturated carbocycles. The van der Waals surface area contributed by atoms with Crippen molar-refractivity contribution < 1.29 is 4.74 Å². The highest BCUT2D eigenvalue weighted by atomic mass is 16.5. The van der Waals surface area contributed by atoms with Crippen molar-refractivity contribution in [3.05, 3.63) is 0 Å². The van der Waals surface area contributed by atoms with Gasteiger partial charge in [-0.3, -0.25) is 4.90 Å². The van der Waals surface area contributed by atoms with E-state index in [4.69, 9.17) is 10.5 Å². The number of ether oxygens (including phenoxy) is 1. The van der Waals surface area contributed by atoms with Crippen molar-refractivity contribution in [2.24, 2.45) is 5.73 Å². The Bertz CT molecular complexity index is 147. The molecular weight excluding hydrogens is 154 g/mol. The number of nitrogens with zero attached hydrogens (tertiary/aromatic N) is 1. The summed E-state index contributed by atoms with van der Waals surface area (Å²) in [6.45, 7) is 4.99. The van der Waals surface area contributed by atoms with Crippen LogP contribution in [-0.2, 0) is 4.74 Å². The van der Waals surface area contributed by atoms with E-state index in [-0.39, 0.29) is 6.23 Å². The molecule has 2 aliphatic rings. The van der Waals surface area contributed by atoms with E-state index in [9.17, 15) is 0 Å². The van der Waals surface area contributed by atoms with Gasteiger partial charge in [-0.05, 0) is 13.0 Å². The highest BCUT2D eigenvalue weighted by Crippen LogP contribution is 2.11. The van der Waals surface area contributed by atoms with Crippen LogP contribution in [0, 0.1) is 0 Å². The first-order chi connectivity index (χ1) is 5.86. The zero-order valence-corrected chi connectivity index (χ0v) is 7.33. The molecule has 2 saturated heterocycles. The minimum Gasteiger partial charge on any atom is -0.361 e. The molecule has 2 rings (SSSR count). The lowest BCUT2D eigenvalue weighted by Gasteiger charge is -2.34. The minimum atomic E-state index is -0.0700. The second-order valence-corrected chi connectivity index (χ2v) is 3.55. The first-order valence-corrected chi connectivity index (χ1v) is 4.68. The standard InChI is InChI=1S/C8H17N3O/c9-8-6-11(3-4-12-8)7-1-2-10-5-7/h7-8,10H,1-6,9H2. The molecule has 0 aliphatic carbocycles. The van der Waals surface area contributed by atoms with Gasteiger partial charge in [-0.15, -0.1) is 0 Å². The van der Waals surface area contributed by atoms with Crippen LogP contribution in [0.4, 0.5) is 0 Å². The maximum absolute atomic E-state index is 5.71. The maximum Gasteiger partial charge on any atom is 0.118 e. The van der Waals surface area contributed by atoms with Crippen molar-refractivity contribution in [3.63, 3.8) is 0 Å². The summed E-state index contributed by atoms with van der Waals surface area (Å²) in [7, 11) is 0. The lowest BCUT2D eigenvalue weighted by molar-refractivity contribution is -0.0371. The van der Waals surface area contributed by atoms with Crippen molar-refractivity contribution in [2.75, 3.05) is 32.8 Å².